The molecule has 0 N–H and O–H groups in total. The maximum absolute atomic E-state index is 11.5. The predicted molar refractivity (Wildman–Crippen MR) is 69.1 cm³/mol. The fraction of sp³-hybridized carbons (Fsp3) is 0.846. The molecular weight excluding hydrogens is 232 g/mol. The van der Waals surface area contributed by atoms with Crippen LogP contribution in [0.3, 0.4) is 0 Å². The fourth-order valence-corrected chi connectivity index (χ4v) is 1.63. The molecule has 104 valence electrons. The average molecular weight is 256 g/mol. The lowest BCUT2D eigenvalue weighted by Gasteiger charge is -2.32. The van der Waals surface area contributed by atoms with Gasteiger partial charge in [-0.05, 0) is 27.8 Å². The standard InChI is InChI=1S/C13H24N2O3/c1-13(2,3)12(17)18-11(16)5-6-15-9-7-14(4)8-10-15/h5-10H2,1-4H3. The summed E-state index contributed by atoms with van der Waals surface area (Å²) < 4.78 is 4.81. The third kappa shape index (κ3) is 5.14. The summed E-state index contributed by atoms with van der Waals surface area (Å²) >= 11 is 0. The van der Waals surface area contributed by atoms with Crippen molar-refractivity contribution >= 4 is 11.9 Å². The zero-order chi connectivity index (χ0) is 13.8. The van der Waals surface area contributed by atoms with Crippen LogP contribution in [-0.4, -0.2) is 61.5 Å². The van der Waals surface area contributed by atoms with Crippen LogP contribution in [0.1, 0.15) is 27.2 Å². The van der Waals surface area contributed by atoms with E-state index in [1.807, 2.05) is 0 Å². The topological polar surface area (TPSA) is 49.9 Å². The molecule has 5 nitrogen and oxygen atoms in total. The van der Waals surface area contributed by atoms with Crippen molar-refractivity contribution in [1.29, 1.82) is 0 Å². The molecular formula is C13H24N2O3. The van der Waals surface area contributed by atoms with Crippen LogP contribution in [0.15, 0.2) is 0 Å². The summed E-state index contributed by atoms with van der Waals surface area (Å²) in [6.45, 7) is 9.87. The molecule has 0 aromatic heterocycles. The van der Waals surface area contributed by atoms with E-state index < -0.39 is 17.4 Å². The van der Waals surface area contributed by atoms with Gasteiger partial charge < -0.3 is 14.5 Å². The van der Waals surface area contributed by atoms with Crippen molar-refractivity contribution in [2.45, 2.75) is 27.2 Å². The number of nitrogens with zero attached hydrogens (tertiary/aromatic N) is 2. The third-order valence-electron chi connectivity index (χ3n) is 3.05. The minimum absolute atomic E-state index is 0.283. The van der Waals surface area contributed by atoms with E-state index in [0.29, 0.717) is 6.54 Å². The van der Waals surface area contributed by atoms with Gasteiger partial charge in [-0.1, -0.05) is 0 Å². The molecule has 0 aliphatic carbocycles. The zero-order valence-corrected chi connectivity index (χ0v) is 11.9. The van der Waals surface area contributed by atoms with Gasteiger partial charge in [-0.2, -0.15) is 0 Å². The van der Waals surface area contributed by atoms with Crippen LogP contribution in [0.4, 0.5) is 0 Å². The van der Waals surface area contributed by atoms with E-state index in [2.05, 4.69) is 16.8 Å². The van der Waals surface area contributed by atoms with E-state index >= 15 is 0 Å². The molecule has 0 atom stereocenters. The number of esters is 2. The molecule has 18 heavy (non-hydrogen) atoms. The van der Waals surface area contributed by atoms with Gasteiger partial charge in [0.15, 0.2) is 0 Å². The van der Waals surface area contributed by atoms with E-state index in [4.69, 9.17) is 4.74 Å². The van der Waals surface area contributed by atoms with Gasteiger partial charge in [0.2, 0.25) is 0 Å². The highest BCUT2D eigenvalue weighted by Crippen LogP contribution is 2.15. The number of ether oxygens (including phenoxy) is 1. The molecule has 0 spiro atoms. The third-order valence-corrected chi connectivity index (χ3v) is 3.05. The lowest BCUT2D eigenvalue weighted by atomic mass is 9.97. The Morgan fingerprint density at radius 2 is 1.67 bits per heavy atom. The number of hydrogen-bond donors (Lipinski definition) is 0. The van der Waals surface area contributed by atoms with Crippen molar-refractivity contribution in [3.63, 3.8) is 0 Å². The number of hydrogen-bond acceptors (Lipinski definition) is 5. The monoisotopic (exact) mass is 256 g/mol. The minimum atomic E-state index is -0.622. The van der Waals surface area contributed by atoms with E-state index in [1.54, 1.807) is 20.8 Å². The molecule has 0 saturated carbocycles. The van der Waals surface area contributed by atoms with Crippen molar-refractivity contribution in [2.75, 3.05) is 39.8 Å². The number of carbonyl (C=O) groups excluding carboxylic acids is 2. The van der Waals surface area contributed by atoms with Gasteiger partial charge in [-0.3, -0.25) is 9.59 Å². The summed E-state index contributed by atoms with van der Waals surface area (Å²) in [6, 6.07) is 0. The molecule has 1 aliphatic heterocycles. The summed E-state index contributed by atoms with van der Waals surface area (Å²) in [4.78, 5) is 27.5. The van der Waals surface area contributed by atoms with Crippen molar-refractivity contribution < 1.29 is 14.3 Å². The zero-order valence-electron chi connectivity index (χ0n) is 11.9. The molecule has 1 aliphatic rings. The van der Waals surface area contributed by atoms with Crippen LogP contribution < -0.4 is 0 Å². The Balaban J connectivity index is 2.23. The highest BCUT2D eigenvalue weighted by Gasteiger charge is 2.26. The largest absolute Gasteiger partial charge is 0.393 e. The Hall–Kier alpha value is -0.940. The molecule has 1 heterocycles. The summed E-state index contributed by atoms with van der Waals surface area (Å²) in [5.74, 6) is -0.875. The summed E-state index contributed by atoms with van der Waals surface area (Å²) in [5, 5.41) is 0. The normalized spacial score (nSPS) is 18.7. The van der Waals surface area contributed by atoms with Crippen LogP contribution in [0.25, 0.3) is 0 Å². The van der Waals surface area contributed by atoms with Crippen molar-refractivity contribution in [3.05, 3.63) is 0 Å². The van der Waals surface area contributed by atoms with E-state index in [-0.39, 0.29) is 6.42 Å². The fourth-order valence-electron chi connectivity index (χ4n) is 1.63. The molecule has 0 unspecified atom stereocenters. The van der Waals surface area contributed by atoms with Gasteiger partial charge in [0.1, 0.15) is 0 Å². The van der Waals surface area contributed by atoms with Crippen LogP contribution in [0.2, 0.25) is 0 Å². The summed E-state index contributed by atoms with van der Waals surface area (Å²) in [6.07, 6.45) is 0.283. The second-order valence-electron chi connectivity index (χ2n) is 5.91. The van der Waals surface area contributed by atoms with Crippen molar-refractivity contribution in [1.82, 2.24) is 9.80 Å². The van der Waals surface area contributed by atoms with Crippen LogP contribution >= 0.6 is 0 Å². The first-order valence-corrected chi connectivity index (χ1v) is 6.45. The number of carbonyl (C=O) groups is 2. The minimum Gasteiger partial charge on any atom is -0.393 e. The lowest BCUT2D eigenvalue weighted by Crippen LogP contribution is -2.45. The Morgan fingerprint density at radius 1 is 1.11 bits per heavy atom. The average Bonchev–Trinajstić information content (AvgIpc) is 2.27. The highest BCUT2D eigenvalue weighted by molar-refractivity contribution is 5.88. The van der Waals surface area contributed by atoms with Gasteiger partial charge in [0.05, 0.1) is 11.8 Å². The Bertz CT molecular complexity index is 302. The van der Waals surface area contributed by atoms with Crippen LogP contribution in [0, 0.1) is 5.41 Å². The Kier molecular flexibility index (Phi) is 5.28. The first kappa shape index (κ1) is 15.1. The molecule has 5 heteroatoms. The van der Waals surface area contributed by atoms with Gasteiger partial charge in [0, 0.05) is 32.7 Å². The highest BCUT2D eigenvalue weighted by atomic mass is 16.6. The molecule has 0 aromatic rings. The molecule has 0 radical (unpaired) electrons. The summed E-state index contributed by atoms with van der Waals surface area (Å²) in [5.41, 5.74) is -0.622. The van der Waals surface area contributed by atoms with Gasteiger partial charge >= 0.3 is 11.9 Å². The van der Waals surface area contributed by atoms with E-state index in [1.165, 1.54) is 0 Å². The maximum Gasteiger partial charge on any atom is 0.318 e. The van der Waals surface area contributed by atoms with E-state index in [0.717, 1.165) is 26.2 Å². The smallest absolute Gasteiger partial charge is 0.318 e. The van der Waals surface area contributed by atoms with Crippen molar-refractivity contribution in [3.8, 4) is 0 Å². The van der Waals surface area contributed by atoms with Crippen molar-refractivity contribution in [2.24, 2.45) is 5.41 Å². The quantitative estimate of drug-likeness (QED) is 0.550. The second-order valence-corrected chi connectivity index (χ2v) is 5.91. The number of rotatable bonds is 3. The van der Waals surface area contributed by atoms with Gasteiger partial charge in [0.25, 0.3) is 0 Å². The second kappa shape index (κ2) is 6.29. The maximum atomic E-state index is 11.5. The molecule has 1 saturated heterocycles. The Morgan fingerprint density at radius 3 is 2.17 bits per heavy atom. The van der Waals surface area contributed by atoms with Gasteiger partial charge in [-0.25, -0.2) is 0 Å². The van der Waals surface area contributed by atoms with E-state index in [9.17, 15) is 9.59 Å². The molecule has 0 bridgehead atoms. The first-order valence-electron chi connectivity index (χ1n) is 6.45. The lowest BCUT2D eigenvalue weighted by molar-refractivity contribution is -0.165. The molecule has 0 aromatic carbocycles. The molecule has 1 rings (SSSR count). The van der Waals surface area contributed by atoms with Crippen LogP contribution in [-0.2, 0) is 14.3 Å². The van der Waals surface area contributed by atoms with Gasteiger partial charge in [-0.15, -0.1) is 0 Å². The number of likely N-dealkylation sites (N-methyl/N-ethyl adjacent to an activating group) is 1. The predicted octanol–water partition coefficient (Wildman–Crippen LogP) is 0.740. The number of piperazine rings is 1. The SMILES string of the molecule is CN1CCN(CCC(=O)OC(=O)C(C)(C)C)CC1. The van der Waals surface area contributed by atoms with Crippen LogP contribution in [0.5, 0.6) is 0 Å². The Labute approximate surface area is 109 Å². The summed E-state index contributed by atoms with van der Waals surface area (Å²) in [7, 11) is 2.09. The first-order chi connectivity index (χ1) is 8.29. The molecule has 0 amide bonds. The molecule has 1 fully saturated rings.